The number of fused-ring (bicyclic) bond motifs is 1. The van der Waals surface area contributed by atoms with Crippen molar-refractivity contribution in [2.24, 2.45) is 20.0 Å². The van der Waals surface area contributed by atoms with E-state index in [1.165, 1.54) is 11.6 Å². The Morgan fingerprint density at radius 3 is 2.50 bits per heavy atom. The summed E-state index contributed by atoms with van der Waals surface area (Å²) in [5, 5.41) is 0. The molecule has 0 bridgehead atoms. The number of hydrogen-bond donors (Lipinski definition) is 0. The largest absolute Gasteiger partial charge is 0.332 e. The van der Waals surface area contributed by atoms with Crippen LogP contribution in [-0.2, 0) is 20.6 Å². The van der Waals surface area contributed by atoms with Crippen molar-refractivity contribution in [3.05, 3.63) is 27.2 Å². The van der Waals surface area contributed by atoms with Crippen molar-refractivity contribution < 1.29 is 0 Å². The third kappa shape index (κ3) is 2.40. The zero-order valence-electron chi connectivity index (χ0n) is 12.6. The zero-order valence-corrected chi connectivity index (χ0v) is 12.6. The molecule has 7 nitrogen and oxygen atoms in total. The average Bonchev–Trinajstić information content (AvgIpc) is 2.76. The van der Waals surface area contributed by atoms with Gasteiger partial charge in [-0.25, -0.2) is 9.78 Å². The first kappa shape index (κ1) is 14.5. The highest BCUT2D eigenvalue weighted by molar-refractivity contribution is 5.69. The molecule has 110 valence electrons. The van der Waals surface area contributed by atoms with Crippen LogP contribution in [0.25, 0.3) is 11.2 Å². The molecular formula is C13H21N5O2. The average molecular weight is 279 g/mol. The lowest BCUT2D eigenvalue weighted by molar-refractivity contribution is 0.317. The summed E-state index contributed by atoms with van der Waals surface area (Å²) in [4.78, 5) is 30.4. The van der Waals surface area contributed by atoms with Crippen molar-refractivity contribution in [2.45, 2.75) is 13.5 Å². The molecule has 0 aliphatic heterocycles. The molecule has 1 atom stereocenters. The van der Waals surface area contributed by atoms with E-state index in [4.69, 9.17) is 0 Å². The van der Waals surface area contributed by atoms with Gasteiger partial charge in [0.05, 0.1) is 6.33 Å². The first-order chi connectivity index (χ1) is 9.32. The fourth-order valence-electron chi connectivity index (χ4n) is 2.55. The molecule has 0 amide bonds. The van der Waals surface area contributed by atoms with Crippen LogP contribution in [0.3, 0.4) is 0 Å². The third-order valence-corrected chi connectivity index (χ3v) is 3.40. The number of aryl methyl sites for hydroxylation is 1. The maximum atomic E-state index is 12.3. The van der Waals surface area contributed by atoms with E-state index in [9.17, 15) is 9.59 Å². The van der Waals surface area contributed by atoms with Gasteiger partial charge in [0.2, 0.25) is 0 Å². The Kier molecular flexibility index (Phi) is 3.80. The molecule has 20 heavy (non-hydrogen) atoms. The number of imidazole rings is 1. The van der Waals surface area contributed by atoms with Crippen LogP contribution in [0.4, 0.5) is 0 Å². The molecule has 0 aliphatic carbocycles. The molecular weight excluding hydrogens is 258 g/mol. The minimum Gasteiger partial charge on any atom is -0.324 e. The van der Waals surface area contributed by atoms with Crippen molar-refractivity contribution >= 4 is 11.2 Å². The van der Waals surface area contributed by atoms with Crippen molar-refractivity contribution in [3.63, 3.8) is 0 Å². The molecule has 0 saturated carbocycles. The smallest absolute Gasteiger partial charge is 0.324 e. The molecule has 2 rings (SSSR count). The van der Waals surface area contributed by atoms with E-state index in [1.54, 1.807) is 13.4 Å². The monoisotopic (exact) mass is 279 g/mol. The number of hydrogen-bond acceptors (Lipinski definition) is 4. The Labute approximate surface area is 117 Å². The third-order valence-electron chi connectivity index (χ3n) is 3.40. The van der Waals surface area contributed by atoms with E-state index in [-0.39, 0.29) is 11.2 Å². The Hall–Kier alpha value is -1.89. The maximum absolute atomic E-state index is 12.3. The van der Waals surface area contributed by atoms with E-state index in [1.807, 2.05) is 18.7 Å². The highest BCUT2D eigenvalue weighted by Crippen LogP contribution is 2.09. The number of nitrogens with zero attached hydrogens (tertiary/aromatic N) is 5. The van der Waals surface area contributed by atoms with Crippen LogP contribution in [0.15, 0.2) is 15.9 Å². The van der Waals surface area contributed by atoms with Crippen LogP contribution in [0.2, 0.25) is 0 Å². The normalized spacial score (nSPS) is 13.3. The van der Waals surface area contributed by atoms with Gasteiger partial charge in [-0.2, -0.15) is 0 Å². The highest BCUT2D eigenvalue weighted by atomic mass is 16.2. The van der Waals surface area contributed by atoms with E-state index in [2.05, 4.69) is 16.8 Å². The summed E-state index contributed by atoms with van der Waals surface area (Å²) in [5.74, 6) is 0.379. The van der Waals surface area contributed by atoms with Crippen molar-refractivity contribution in [1.29, 1.82) is 0 Å². The molecule has 2 aromatic heterocycles. The molecule has 0 aromatic carbocycles. The minimum absolute atomic E-state index is 0.294. The maximum Gasteiger partial charge on any atom is 0.332 e. The van der Waals surface area contributed by atoms with Gasteiger partial charge in [-0.3, -0.25) is 13.9 Å². The van der Waals surface area contributed by atoms with Gasteiger partial charge >= 0.3 is 5.69 Å². The number of rotatable bonds is 4. The van der Waals surface area contributed by atoms with Crippen LogP contribution < -0.4 is 11.2 Å². The van der Waals surface area contributed by atoms with E-state index in [0.717, 1.165) is 11.1 Å². The van der Waals surface area contributed by atoms with E-state index < -0.39 is 0 Å². The van der Waals surface area contributed by atoms with Crippen molar-refractivity contribution in [3.8, 4) is 0 Å². The second-order valence-electron chi connectivity index (χ2n) is 5.64. The molecule has 0 N–H and O–H groups in total. The predicted molar refractivity (Wildman–Crippen MR) is 77.9 cm³/mol. The summed E-state index contributed by atoms with van der Waals surface area (Å²) in [6, 6.07) is 0. The van der Waals surface area contributed by atoms with Gasteiger partial charge in [0, 0.05) is 27.2 Å². The molecule has 0 spiro atoms. The molecule has 0 radical (unpaired) electrons. The SMILES string of the molecule is CC(CN(C)C)Cn1cnc2c1c(=O)n(C)c(=O)n2C. The zero-order chi connectivity index (χ0) is 15.0. The summed E-state index contributed by atoms with van der Waals surface area (Å²) < 4.78 is 4.37. The van der Waals surface area contributed by atoms with Crippen LogP contribution >= 0.6 is 0 Å². The Morgan fingerprint density at radius 2 is 1.90 bits per heavy atom. The molecule has 2 aromatic rings. The lowest BCUT2D eigenvalue weighted by atomic mass is 10.1. The first-order valence-electron chi connectivity index (χ1n) is 6.58. The Morgan fingerprint density at radius 1 is 1.25 bits per heavy atom. The quantitative estimate of drug-likeness (QED) is 0.766. The van der Waals surface area contributed by atoms with Gasteiger partial charge in [0.15, 0.2) is 11.2 Å². The van der Waals surface area contributed by atoms with Gasteiger partial charge in [-0.15, -0.1) is 0 Å². The predicted octanol–water partition coefficient (Wildman–Crippen LogP) is -0.369. The van der Waals surface area contributed by atoms with Gasteiger partial charge in [0.1, 0.15) is 0 Å². The fraction of sp³-hybridized carbons (Fsp3) is 0.615. The topological polar surface area (TPSA) is 65.1 Å². The van der Waals surface area contributed by atoms with E-state index in [0.29, 0.717) is 23.6 Å². The van der Waals surface area contributed by atoms with E-state index >= 15 is 0 Å². The molecule has 0 aliphatic rings. The molecule has 2 heterocycles. The standard InChI is InChI=1S/C13H21N5O2/c1-9(6-15(2)3)7-18-8-14-11-10(18)12(19)17(5)13(20)16(11)4/h8-9H,6-7H2,1-5H3. The van der Waals surface area contributed by atoms with Crippen LogP contribution in [0.1, 0.15) is 6.92 Å². The Balaban J connectivity index is 2.52. The van der Waals surface area contributed by atoms with Gasteiger partial charge in [-0.05, 0) is 20.0 Å². The lowest BCUT2D eigenvalue weighted by Crippen LogP contribution is -2.37. The Bertz CT molecular complexity index is 738. The summed E-state index contributed by atoms with van der Waals surface area (Å²) in [6.07, 6.45) is 1.64. The number of aromatic nitrogens is 4. The fourth-order valence-corrected chi connectivity index (χ4v) is 2.55. The minimum atomic E-state index is -0.353. The second-order valence-corrected chi connectivity index (χ2v) is 5.64. The summed E-state index contributed by atoms with van der Waals surface area (Å²) >= 11 is 0. The van der Waals surface area contributed by atoms with Crippen LogP contribution in [-0.4, -0.2) is 44.2 Å². The second kappa shape index (κ2) is 5.24. The van der Waals surface area contributed by atoms with Gasteiger partial charge in [-0.1, -0.05) is 6.92 Å². The molecule has 0 fully saturated rings. The first-order valence-corrected chi connectivity index (χ1v) is 6.58. The van der Waals surface area contributed by atoms with Gasteiger partial charge in [0.25, 0.3) is 5.56 Å². The summed E-state index contributed by atoms with van der Waals surface area (Å²) in [7, 11) is 7.16. The van der Waals surface area contributed by atoms with Crippen LogP contribution in [0.5, 0.6) is 0 Å². The van der Waals surface area contributed by atoms with Crippen molar-refractivity contribution in [1.82, 2.24) is 23.6 Å². The molecule has 7 heteroatoms. The van der Waals surface area contributed by atoms with Gasteiger partial charge < -0.3 is 9.47 Å². The molecule has 1 unspecified atom stereocenters. The molecule has 0 saturated heterocycles. The lowest BCUT2D eigenvalue weighted by Gasteiger charge is -2.17. The van der Waals surface area contributed by atoms with Crippen molar-refractivity contribution in [2.75, 3.05) is 20.6 Å². The summed E-state index contributed by atoms with van der Waals surface area (Å²) in [5.41, 5.74) is 0.280. The summed E-state index contributed by atoms with van der Waals surface area (Å²) in [6.45, 7) is 3.74. The van der Waals surface area contributed by atoms with Crippen LogP contribution in [0, 0.1) is 5.92 Å². The highest BCUT2D eigenvalue weighted by Gasteiger charge is 2.15.